The molecule has 0 atom stereocenters. The molecule has 2 fully saturated rings. The monoisotopic (exact) mass is 479 g/mol. The van der Waals surface area contributed by atoms with Crippen molar-refractivity contribution in [3.8, 4) is 0 Å². The normalized spacial score (nSPS) is 21.7. The van der Waals surface area contributed by atoms with Crippen molar-refractivity contribution in [3.05, 3.63) is 68.2 Å². The van der Waals surface area contributed by atoms with Crippen molar-refractivity contribution >= 4 is 27.5 Å². The highest BCUT2D eigenvalue weighted by molar-refractivity contribution is 7.17. The lowest BCUT2D eigenvalue weighted by Gasteiger charge is -2.35. The Morgan fingerprint density at radius 3 is 2.35 bits per heavy atom. The van der Waals surface area contributed by atoms with Gasteiger partial charge in [-0.3, -0.25) is 18.7 Å². The fraction of sp³-hybridized carbons (Fsp3) is 0.519. The van der Waals surface area contributed by atoms with Crippen LogP contribution in [0.5, 0.6) is 0 Å². The molecule has 0 radical (unpaired) electrons. The molecule has 7 heteroatoms. The Bertz CT molecular complexity index is 1260. The van der Waals surface area contributed by atoms with Gasteiger partial charge in [-0.15, -0.1) is 11.3 Å². The van der Waals surface area contributed by atoms with Crippen LogP contribution >= 0.6 is 11.3 Å². The zero-order valence-corrected chi connectivity index (χ0v) is 20.6. The van der Waals surface area contributed by atoms with Gasteiger partial charge in [0.25, 0.3) is 5.56 Å². The number of benzene rings is 1. The fourth-order valence-corrected chi connectivity index (χ4v) is 6.39. The highest BCUT2D eigenvalue weighted by Crippen LogP contribution is 2.32. The van der Waals surface area contributed by atoms with Crippen LogP contribution in [0.15, 0.2) is 51.4 Å². The summed E-state index contributed by atoms with van der Waals surface area (Å²) < 4.78 is 3.81. The first-order valence-electron chi connectivity index (χ1n) is 12.5. The van der Waals surface area contributed by atoms with Gasteiger partial charge >= 0.3 is 5.69 Å². The molecule has 3 heterocycles. The predicted molar refractivity (Wildman–Crippen MR) is 136 cm³/mol. The summed E-state index contributed by atoms with van der Waals surface area (Å²) in [5, 5.41) is 1.88. The molecule has 1 aliphatic carbocycles. The number of nitrogens with zero attached hydrogens (tertiary/aromatic N) is 3. The number of hydrogen-bond acceptors (Lipinski definition) is 4. The molecule has 1 amide bonds. The largest absolute Gasteiger partial charge is 0.342 e. The molecule has 0 N–H and O–H groups in total. The molecule has 0 unspecified atom stereocenters. The highest BCUT2D eigenvalue weighted by atomic mass is 32.1. The molecule has 1 saturated heterocycles. The minimum atomic E-state index is -0.236. The molecule has 1 saturated carbocycles. The molecule has 2 aliphatic rings. The topological polar surface area (TPSA) is 64.3 Å². The molecule has 0 bridgehead atoms. The Hall–Kier alpha value is -2.67. The van der Waals surface area contributed by atoms with E-state index in [4.69, 9.17) is 0 Å². The van der Waals surface area contributed by atoms with E-state index in [1.165, 1.54) is 15.9 Å². The molecule has 6 nitrogen and oxygen atoms in total. The Kier molecular flexibility index (Phi) is 6.73. The Balaban J connectivity index is 1.31. The molecule has 0 spiro atoms. The summed E-state index contributed by atoms with van der Waals surface area (Å²) in [5.41, 5.74) is 1.33. The van der Waals surface area contributed by atoms with Gasteiger partial charge in [0.05, 0.1) is 12.1 Å². The molecule has 34 heavy (non-hydrogen) atoms. The van der Waals surface area contributed by atoms with Crippen molar-refractivity contribution in [2.45, 2.75) is 58.5 Å². The maximum absolute atomic E-state index is 13.5. The van der Waals surface area contributed by atoms with Crippen LogP contribution in [0.2, 0.25) is 0 Å². The molecule has 5 rings (SSSR count). The van der Waals surface area contributed by atoms with Crippen molar-refractivity contribution in [3.63, 3.8) is 0 Å². The maximum Gasteiger partial charge on any atom is 0.331 e. The Labute approximate surface area is 203 Å². The van der Waals surface area contributed by atoms with Crippen LogP contribution in [0.1, 0.15) is 51.0 Å². The van der Waals surface area contributed by atoms with Crippen molar-refractivity contribution in [2.75, 3.05) is 13.1 Å². The van der Waals surface area contributed by atoms with Crippen molar-refractivity contribution in [2.24, 2.45) is 17.8 Å². The summed E-state index contributed by atoms with van der Waals surface area (Å²) in [6.07, 6.45) is 5.67. The number of aromatic nitrogens is 2. The van der Waals surface area contributed by atoms with Gasteiger partial charge < -0.3 is 4.90 Å². The van der Waals surface area contributed by atoms with E-state index in [9.17, 15) is 14.4 Å². The number of carbonyl (C=O) groups is 1. The maximum atomic E-state index is 13.5. The molecule has 1 aromatic carbocycles. The number of hydrogen-bond donors (Lipinski definition) is 0. The molecular weight excluding hydrogens is 446 g/mol. The Morgan fingerprint density at radius 1 is 0.941 bits per heavy atom. The lowest BCUT2D eigenvalue weighted by Crippen LogP contribution is -2.43. The second-order valence-electron chi connectivity index (χ2n) is 10.1. The van der Waals surface area contributed by atoms with E-state index in [-0.39, 0.29) is 23.1 Å². The summed E-state index contributed by atoms with van der Waals surface area (Å²) in [6, 6.07) is 11.8. The van der Waals surface area contributed by atoms with Gasteiger partial charge in [0.15, 0.2) is 0 Å². The van der Waals surface area contributed by atoms with Crippen molar-refractivity contribution in [1.29, 1.82) is 0 Å². The minimum absolute atomic E-state index is 0.0934. The SMILES string of the molecule is CC1CCN(C(=O)C2CCC(Cn3c(=O)c4sccc4n(Cc4ccccc4)c3=O)CC2)CC1. The predicted octanol–water partition coefficient (Wildman–Crippen LogP) is 4.34. The lowest BCUT2D eigenvalue weighted by atomic mass is 9.81. The van der Waals surface area contributed by atoms with Crippen LogP contribution in [-0.4, -0.2) is 33.0 Å². The number of fused-ring (bicyclic) bond motifs is 1. The Morgan fingerprint density at radius 2 is 1.65 bits per heavy atom. The third-order valence-electron chi connectivity index (χ3n) is 7.75. The first-order chi connectivity index (χ1) is 16.5. The number of likely N-dealkylation sites (tertiary alicyclic amines) is 1. The van der Waals surface area contributed by atoms with Crippen molar-refractivity contribution < 1.29 is 4.79 Å². The van der Waals surface area contributed by atoms with Gasteiger partial charge in [0, 0.05) is 25.6 Å². The summed E-state index contributed by atoms with van der Waals surface area (Å²) in [5.74, 6) is 1.37. The minimum Gasteiger partial charge on any atom is -0.342 e. The smallest absolute Gasteiger partial charge is 0.331 e. The number of rotatable bonds is 5. The first kappa shape index (κ1) is 23.1. The molecular formula is C27H33N3O3S. The summed E-state index contributed by atoms with van der Waals surface area (Å²) in [6.45, 7) is 4.91. The highest BCUT2D eigenvalue weighted by Gasteiger charge is 2.31. The average molecular weight is 480 g/mol. The summed E-state index contributed by atoms with van der Waals surface area (Å²) in [4.78, 5) is 41.7. The zero-order valence-electron chi connectivity index (χ0n) is 19.8. The number of piperidine rings is 1. The van der Waals surface area contributed by atoms with Gasteiger partial charge in [-0.05, 0) is 67.4 Å². The first-order valence-corrected chi connectivity index (χ1v) is 13.4. The number of thiophene rings is 1. The second kappa shape index (κ2) is 9.90. The van der Waals surface area contributed by atoms with Crippen LogP contribution in [0.3, 0.4) is 0 Å². The fourth-order valence-electron chi connectivity index (χ4n) is 5.55. The number of carbonyl (C=O) groups excluding carboxylic acids is 1. The van der Waals surface area contributed by atoms with Gasteiger partial charge in [0.2, 0.25) is 5.91 Å². The quantitative estimate of drug-likeness (QED) is 0.547. The van der Waals surface area contributed by atoms with Crippen molar-refractivity contribution in [1.82, 2.24) is 14.0 Å². The van der Waals surface area contributed by atoms with Gasteiger partial charge in [-0.2, -0.15) is 0 Å². The van der Waals surface area contributed by atoms with Crippen LogP contribution in [0, 0.1) is 17.8 Å². The van der Waals surface area contributed by atoms with Gasteiger partial charge in [-0.25, -0.2) is 4.79 Å². The van der Waals surface area contributed by atoms with E-state index < -0.39 is 0 Å². The molecule has 2 aromatic heterocycles. The molecule has 3 aromatic rings. The van der Waals surface area contributed by atoms with Crippen LogP contribution in [0.4, 0.5) is 0 Å². The van der Waals surface area contributed by atoms with E-state index in [0.29, 0.717) is 35.1 Å². The van der Waals surface area contributed by atoms with E-state index in [1.54, 1.807) is 4.57 Å². The van der Waals surface area contributed by atoms with E-state index in [2.05, 4.69) is 11.8 Å². The standard InChI is InChI=1S/C27H33N3O3S/c1-19-11-14-28(15-12-19)25(31)22-9-7-21(8-10-22)18-30-26(32)24-23(13-16-34-24)29(27(30)33)17-20-5-3-2-4-6-20/h2-6,13,16,19,21-22H,7-12,14-15,17-18H2,1H3. The van der Waals surface area contributed by atoms with E-state index in [0.717, 1.165) is 57.2 Å². The summed E-state index contributed by atoms with van der Waals surface area (Å²) >= 11 is 1.40. The van der Waals surface area contributed by atoms with Crippen LogP contribution in [-0.2, 0) is 17.9 Å². The zero-order chi connectivity index (χ0) is 23.7. The van der Waals surface area contributed by atoms with E-state index >= 15 is 0 Å². The average Bonchev–Trinajstić information content (AvgIpc) is 3.36. The van der Waals surface area contributed by atoms with E-state index in [1.807, 2.05) is 41.8 Å². The van der Waals surface area contributed by atoms with Gasteiger partial charge in [-0.1, -0.05) is 37.3 Å². The molecule has 180 valence electrons. The van der Waals surface area contributed by atoms with Crippen LogP contribution < -0.4 is 11.2 Å². The third-order valence-corrected chi connectivity index (χ3v) is 8.64. The summed E-state index contributed by atoms with van der Waals surface area (Å²) in [7, 11) is 0. The lowest BCUT2D eigenvalue weighted by molar-refractivity contribution is -0.138. The second-order valence-corrected chi connectivity index (χ2v) is 11.0. The van der Waals surface area contributed by atoms with Gasteiger partial charge in [0.1, 0.15) is 4.70 Å². The number of amides is 1. The molecule has 1 aliphatic heterocycles. The third kappa shape index (κ3) is 4.63. The van der Waals surface area contributed by atoms with Crippen LogP contribution in [0.25, 0.3) is 10.2 Å².